The van der Waals surface area contributed by atoms with Crippen molar-refractivity contribution >= 4 is 33.3 Å². The van der Waals surface area contributed by atoms with E-state index in [1.807, 2.05) is 6.92 Å². The molecule has 0 fully saturated rings. The number of fused-ring (bicyclic) bond motifs is 1. The number of nitrogens with zero attached hydrogens (tertiary/aromatic N) is 2. The number of thiophene rings is 1. The van der Waals surface area contributed by atoms with E-state index in [1.54, 1.807) is 13.8 Å². The predicted octanol–water partition coefficient (Wildman–Crippen LogP) is 2.66. The third kappa shape index (κ3) is 3.30. The standard InChI is InChI=1S/C14H19N3O3S/c1-4-5-14(3,20)6-15-11-9-8(2)10(13(18)19)21-12(9)17-7-16-11/h7,20H,4-6H2,1-3H3,(H,18,19)(H,15,16,17). The maximum atomic E-state index is 11.2. The number of hydrogen-bond acceptors (Lipinski definition) is 6. The minimum Gasteiger partial charge on any atom is -0.477 e. The van der Waals surface area contributed by atoms with Gasteiger partial charge in [-0.05, 0) is 25.8 Å². The number of rotatable bonds is 6. The number of carboxylic acids is 1. The Balaban J connectivity index is 2.34. The maximum Gasteiger partial charge on any atom is 0.346 e. The van der Waals surface area contributed by atoms with E-state index in [4.69, 9.17) is 0 Å². The zero-order chi connectivity index (χ0) is 15.6. The Bertz CT molecular complexity index is 667. The van der Waals surface area contributed by atoms with Gasteiger partial charge in [-0.1, -0.05) is 13.3 Å². The molecule has 1 unspecified atom stereocenters. The van der Waals surface area contributed by atoms with E-state index in [0.29, 0.717) is 34.6 Å². The highest BCUT2D eigenvalue weighted by Crippen LogP contribution is 2.33. The average molecular weight is 309 g/mol. The first kappa shape index (κ1) is 15.7. The van der Waals surface area contributed by atoms with Crippen LogP contribution in [0.4, 0.5) is 5.82 Å². The molecule has 2 rings (SSSR count). The quantitative estimate of drug-likeness (QED) is 0.759. The van der Waals surface area contributed by atoms with Crippen molar-refractivity contribution in [2.75, 3.05) is 11.9 Å². The molecule has 2 aromatic heterocycles. The van der Waals surface area contributed by atoms with Crippen LogP contribution in [-0.4, -0.2) is 38.3 Å². The number of hydrogen-bond donors (Lipinski definition) is 3. The second-order valence-electron chi connectivity index (χ2n) is 5.36. The Hall–Kier alpha value is -1.73. The van der Waals surface area contributed by atoms with E-state index < -0.39 is 11.6 Å². The van der Waals surface area contributed by atoms with Crippen molar-refractivity contribution in [1.82, 2.24) is 9.97 Å². The number of aryl methyl sites for hydroxylation is 1. The largest absolute Gasteiger partial charge is 0.477 e. The van der Waals surface area contributed by atoms with E-state index in [-0.39, 0.29) is 4.88 Å². The molecule has 0 saturated heterocycles. The summed E-state index contributed by atoms with van der Waals surface area (Å²) >= 11 is 1.14. The molecule has 0 aromatic carbocycles. The second kappa shape index (κ2) is 5.95. The molecular weight excluding hydrogens is 290 g/mol. The van der Waals surface area contributed by atoms with Crippen LogP contribution >= 0.6 is 11.3 Å². The summed E-state index contributed by atoms with van der Waals surface area (Å²) in [6, 6.07) is 0. The molecule has 0 saturated carbocycles. The van der Waals surface area contributed by atoms with Gasteiger partial charge in [-0.15, -0.1) is 11.3 Å². The number of carbonyl (C=O) groups is 1. The maximum absolute atomic E-state index is 11.2. The van der Waals surface area contributed by atoms with Crippen molar-refractivity contribution in [3.05, 3.63) is 16.8 Å². The van der Waals surface area contributed by atoms with Crippen LogP contribution in [0.1, 0.15) is 41.9 Å². The first-order valence-corrected chi connectivity index (χ1v) is 7.61. The molecule has 114 valence electrons. The molecule has 7 heteroatoms. The first-order valence-electron chi connectivity index (χ1n) is 6.79. The van der Waals surface area contributed by atoms with Crippen LogP contribution < -0.4 is 5.32 Å². The molecule has 0 aliphatic heterocycles. The van der Waals surface area contributed by atoms with Gasteiger partial charge in [-0.2, -0.15) is 0 Å². The first-order chi connectivity index (χ1) is 9.85. The molecule has 0 bridgehead atoms. The zero-order valence-corrected chi connectivity index (χ0v) is 13.1. The third-order valence-corrected chi connectivity index (χ3v) is 4.53. The Morgan fingerprint density at radius 1 is 1.48 bits per heavy atom. The van der Waals surface area contributed by atoms with Crippen LogP contribution in [0.25, 0.3) is 10.2 Å². The molecule has 6 nitrogen and oxygen atoms in total. The van der Waals surface area contributed by atoms with Crippen molar-refractivity contribution in [3.63, 3.8) is 0 Å². The summed E-state index contributed by atoms with van der Waals surface area (Å²) < 4.78 is 0. The molecule has 3 N–H and O–H groups in total. The molecule has 0 aliphatic rings. The molecule has 0 amide bonds. The molecule has 21 heavy (non-hydrogen) atoms. The minimum absolute atomic E-state index is 0.272. The van der Waals surface area contributed by atoms with Crippen molar-refractivity contribution in [2.24, 2.45) is 0 Å². The van der Waals surface area contributed by atoms with E-state index in [1.165, 1.54) is 6.33 Å². The number of anilines is 1. The lowest BCUT2D eigenvalue weighted by Crippen LogP contribution is -2.33. The molecule has 2 heterocycles. The van der Waals surface area contributed by atoms with Crippen LogP contribution in [0.2, 0.25) is 0 Å². The number of nitrogens with one attached hydrogen (secondary N) is 1. The average Bonchev–Trinajstić information content (AvgIpc) is 2.75. The topological polar surface area (TPSA) is 95.3 Å². The molecule has 1 atom stereocenters. The predicted molar refractivity (Wildman–Crippen MR) is 83.1 cm³/mol. The van der Waals surface area contributed by atoms with Gasteiger partial charge < -0.3 is 15.5 Å². The van der Waals surface area contributed by atoms with Gasteiger partial charge in [0.25, 0.3) is 0 Å². The lowest BCUT2D eigenvalue weighted by atomic mass is 10.0. The molecule has 0 spiro atoms. The van der Waals surface area contributed by atoms with Gasteiger partial charge in [0.1, 0.15) is 21.9 Å². The summed E-state index contributed by atoms with van der Waals surface area (Å²) in [5.74, 6) is -0.392. The van der Waals surface area contributed by atoms with Gasteiger partial charge in [0.05, 0.1) is 11.0 Å². The fourth-order valence-electron chi connectivity index (χ4n) is 2.31. The number of carboxylic acid groups (broad SMARTS) is 1. The molecule has 0 aliphatic carbocycles. The highest BCUT2D eigenvalue weighted by Gasteiger charge is 2.22. The number of aromatic carboxylic acids is 1. The lowest BCUT2D eigenvalue weighted by Gasteiger charge is -2.23. The molecule has 0 radical (unpaired) electrons. The number of aromatic nitrogens is 2. The zero-order valence-electron chi connectivity index (χ0n) is 12.3. The summed E-state index contributed by atoms with van der Waals surface area (Å²) in [6.07, 6.45) is 2.96. The van der Waals surface area contributed by atoms with Crippen LogP contribution in [0.3, 0.4) is 0 Å². The van der Waals surface area contributed by atoms with Crippen molar-refractivity contribution in [2.45, 2.75) is 39.2 Å². The SMILES string of the molecule is CCCC(C)(O)CNc1ncnc2sc(C(=O)O)c(C)c12. The van der Waals surface area contributed by atoms with Gasteiger partial charge in [-0.25, -0.2) is 14.8 Å². The van der Waals surface area contributed by atoms with Crippen molar-refractivity contribution < 1.29 is 15.0 Å². The van der Waals surface area contributed by atoms with Gasteiger partial charge in [0.2, 0.25) is 0 Å². The smallest absolute Gasteiger partial charge is 0.346 e. The summed E-state index contributed by atoms with van der Waals surface area (Å²) in [7, 11) is 0. The fraction of sp³-hybridized carbons (Fsp3) is 0.500. The normalized spacial score (nSPS) is 14.1. The van der Waals surface area contributed by atoms with Crippen molar-refractivity contribution in [3.8, 4) is 0 Å². The van der Waals surface area contributed by atoms with E-state index in [9.17, 15) is 15.0 Å². The highest BCUT2D eigenvalue weighted by molar-refractivity contribution is 7.20. The summed E-state index contributed by atoms with van der Waals surface area (Å²) in [4.78, 5) is 20.4. The monoisotopic (exact) mass is 309 g/mol. The lowest BCUT2D eigenvalue weighted by molar-refractivity contribution is 0.0635. The van der Waals surface area contributed by atoms with Gasteiger partial charge in [0.15, 0.2) is 0 Å². The Morgan fingerprint density at radius 3 is 2.81 bits per heavy atom. The Labute approximate surface area is 126 Å². The van der Waals surface area contributed by atoms with Gasteiger partial charge in [0, 0.05) is 6.54 Å². The minimum atomic E-state index is -0.959. The summed E-state index contributed by atoms with van der Waals surface area (Å²) in [6.45, 7) is 5.89. The highest BCUT2D eigenvalue weighted by atomic mass is 32.1. The van der Waals surface area contributed by atoms with Crippen molar-refractivity contribution in [1.29, 1.82) is 0 Å². The van der Waals surface area contributed by atoms with E-state index in [2.05, 4.69) is 15.3 Å². The van der Waals surface area contributed by atoms with E-state index >= 15 is 0 Å². The number of aliphatic hydroxyl groups is 1. The molecule has 2 aromatic rings. The van der Waals surface area contributed by atoms with Gasteiger partial charge >= 0.3 is 5.97 Å². The van der Waals surface area contributed by atoms with Gasteiger partial charge in [-0.3, -0.25) is 0 Å². The molecular formula is C14H19N3O3S. The summed E-state index contributed by atoms with van der Waals surface area (Å²) in [5, 5.41) is 23.2. The summed E-state index contributed by atoms with van der Waals surface area (Å²) in [5.41, 5.74) is -0.174. The second-order valence-corrected chi connectivity index (χ2v) is 6.36. The Morgan fingerprint density at radius 2 is 2.19 bits per heavy atom. The van der Waals surface area contributed by atoms with Crippen LogP contribution in [-0.2, 0) is 0 Å². The Kier molecular flexibility index (Phi) is 4.43. The third-order valence-electron chi connectivity index (χ3n) is 3.35. The van der Waals surface area contributed by atoms with Crippen LogP contribution in [0.15, 0.2) is 6.33 Å². The van der Waals surface area contributed by atoms with Crippen LogP contribution in [0, 0.1) is 6.92 Å². The van der Waals surface area contributed by atoms with E-state index in [0.717, 1.165) is 17.8 Å². The fourth-order valence-corrected chi connectivity index (χ4v) is 3.30. The van der Waals surface area contributed by atoms with Crippen LogP contribution in [0.5, 0.6) is 0 Å².